The minimum absolute atomic E-state index is 0.0738. The lowest BCUT2D eigenvalue weighted by Gasteiger charge is -2.13. The van der Waals surface area contributed by atoms with Crippen LogP contribution in [-0.4, -0.2) is 42.2 Å². The van der Waals surface area contributed by atoms with Crippen molar-refractivity contribution in [2.45, 2.75) is 39.2 Å². The van der Waals surface area contributed by atoms with E-state index in [1.165, 1.54) is 0 Å². The molecule has 2 aromatic rings. The molecule has 2 heterocycles. The molecule has 6 nitrogen and oxygen atoms in total. The molecular formula is C19H25N3O3S. The Morgan fingerprint density at radius 1 is 1.31 bits per heavy atom. The quantitative estimate of drug-likeness (QED) is 0.787. The molecule has 140 valence electrons. The van der Waals surface area contributed by atoms with Gasteiger partial charge in [-0.25, -0.2) is 8.42 Å². The van der Waals surface area contributed by atoms with Gasteiger partial charge >= 0.3 is 0 Å². The zero-order valence-electron chi connectivity index (χ0n) is 15.2. The molecule has 7 heteroatoms. The number of sulfone groups is 1. The second-order valence-corrected chi connectivity index (χ2v) is 9.12. The molecule has 1 aromatic heterocycles. The predicted octanol–water partition coefficient (Wildman–Crippen LogP) is 2.75. The van der Waals surface area contributed by atoms with Crippen molar-refractivity contribution >= 4 is 15.7 Å². The van der Waals surface area contributed by atoms with E-state index in [-0.39, 0.29) is 23.5 Å². The van der Waals surface area contributed by atoms with E-state index in [0.717, 1.165) is 29.7 Å². The van der Waals surface area contributed by atoms with Crippen LogP contribution in [0.1, 0.15) is 48.3 Å². The molecule has 1 aliphatic heterocycles. The van der Waals surface area contributed by atoms with E-state index >= 15 is 0 Å². The Bertz CT molecular complexity index is 885. The van der Waals surface area contributed by atoms with Crippen molar-refractivity contribution < 1.29 is 13.2 Å². The number of nitrogens with zero attached hydrogens (tertiary/aromatic N) is 2. The summed E-state index contributed by atoms with van der Waals surface area (Å²) in [7, 11) is -3.04. The molecule has 1 N–H and O–H groups in total. The molecule has 0 bridgehead atoms. The SMILES string of the molecule is CCCCNC(=O)c1cc(-c2ccc(C)cc2)n([C@@H]2CCS(=O)(=O)C2)n1. The number of carbonyl (C=O) groups is 1. The van der Waals surface area contributed by atoms with Crippen LogP contribution in [0.4, 0.5) is 0 Å². The third kappa shape index (κ3) is 4.15. The number of benzene rings is 1. The highest BCUT2D eigenvalue weighted by molar-refractivity contribution is 7.91. The number of aryl methyl sites for hydroxylation is 1. The predicted molar refractivity (Wildman–Crippen MR) is 102 cm³/mol. The maximum absolute atomic E-state index is 12.4. The monoisotopic (exact) mass is 375 g/mol. The second kappa shape index (κ2) is 7.61. The van der Waals surface area contributed by atoms with Gasteiger partial charge in [-0.05, 0) is 31.4 Å². The van der Waals surface area contributed by atoms with Crippen molar-refractivity contribution in [2.75, 3.05) is 18.1 Å². The molecule has 0 saturated carbocycles. The first-order valence-electron chi connectivity index (χ1n) is 9.05. The summed E-state index contributed by atoms with van der Waals surface area (Å²) >= 11 is 0. The minimum Gasteiger partial charge on any atom is -0.351 e. The van der Waals surface area contributed by atoms with Crippen LogP contribution in [0.5, 0.6) is 0 Å². The second-order valence-electron chi connectivity index (χ2n) is 6.89. The lowest BCUT2D eigenvalue weighted by Crippen LogP contribution is -2.25. The van der Waals surface area contributed by atoms with E-state index < -0.39 is 9.84 Å². The summed E-state index contributed by atoms with van der Waals surface area (Å²) in [6, 6.07) is 9.49. The van der Waals surface area contributed by atoms with Gasteiger partial charge in [-0.3, -0.25) is 9.48 Å². The number of unbranched alkanes of at least 4 members (excludes halogenated alkanes) is 1. The third-order valence-corrected chi connectivity index (χ3v) is 6.44. The van der Waals surface area contributed by atoms with E-state index in [0.29, 0.717) is 18.7 Å². The van der Waals surface area contributed by atoms with Crippen LogP contribution < -0.4 is 5.32 Å². The summed E-state index contributed by atoms with van der Waals surface area (Å²) in [5.41, 5.74) is 3.19. The van der Waals surface area contributed by atoms with Gasteiger partial charge in [-0.1, -0.05) is 43.2 Å². The lowest BCUT2D eigenvalue weighted by atomic mass is 10.1. The van der Waals surface area contributed by atoms with Gasteiger partial charge in [0.2, 0.25) is 0 Å². The molecule has 1 atom stereocenters. The van der Waals surface area contributed by atoms with Gasteiger partial charge in [0.15, 0.2) is 15.5 Å². The Balaban J connectivity index is 1.95. The van der Waals surface area contributed by atoms with E-state index in [1.807, 2.05) is 31.2 Å². The molecule has 0 radical (unpaired) electrons. The van der Waals surface area contributed by atoms with Crippen LogP contribution in [0, 0.1) is 6.92 Å². The Kier molecular flexibility index (Phi) is 5.46. The van der Waals surface area contributed by atoms with Crippen molar-refractivity contribution in [3.8, 4) is 11.3 Å². The fraction of sp³-hybridized carbons (Fsp3) is 0.474. The van der Waals surface area contributed by atoms with Gasteiger partial charge in [-0.15, -0.1) is 0 Å². The maximum atomic E-state index is 12.4. The first-order valence-corrected chi connectivity index (χ1v) is 10.9. The number of hydrogen-bond donors (Lipinski definition) is 1. The summed E-state index contributed by atoms with van der Waals surface area (Å²) < 4.78 is 25.5. The standard InChI is InChI=1S/C19H25N3O3S/c1-3-4-10-20-19(23)17-12-18(15-7-5-14(2)6-8-15)22(21-17)16-9-11-26(24,25)13-16/h5-8,12,16H,3-4,9-11,13H2,1-2H3,(H,20,23)/t16-/m1/s1. The van der Waals surface area contributed by atoms with Gasteiger partial charge in [0, 0.05) is 6.54 Å². The number of hydrogen-bond acceptors (Lipinski definition) is 4. The van der Waals surface area contributed by atoms with Crippen molar-refractivity contribution in [2.24, 2.45) is 0 Å². The molecular weight excluding hydrogens is 350 g/mol. The molecule has 1 aromatic carbocycles. The smallest absolute Gasteiger partial charge is 0.271 e. The van der Waals surface area contributed by atoms with Crippen LogP contribution in [0.25, 0.3) is 11.3 Å². The minimum atomic E-state index is -3.04. The van der Waals surface area contributed by atoms with Gasteiger partial charge in [0.05, 0.1) is 23.2 Å². The lowest BCUT2D eigenvalue weighted by molar-refractivity contribution is 0.0947. The van der Waals surface area contributed by atoms with E-state index in [1.54, 1.807) is 10.7 Å². The van der Waals surface area contributed by atoms with Gasteiger partial charge < -0.3 is 5.32 Å². The van der Waals surface area contributed by atoms with Gasteiger partial charge in [0.1, 0.15) is 0 Å². The molecule has 0 unspecified atom stereocenters. The molecule has 1 aliphatic rings. The molecule has 3 rings (SSSR count). The van der Waals surface area contributed by atoms with Crippen molar-refractivity contribution in [1.82, 2.24) is 15.1 Å². The molecule has 1 amide bonds. The van der Waals surface area contributed by atoms with Crippen LogP contribution >= 0.6 is 0 Å². The topological polar surface area (TPSA) is 81.1 Å². The molecule has 26 heavy (non-hydrogen) atoms. The van der Waals surface area contributed by atoms with Crippen LogP contribution in [-0.2, 0) is 9.84 Å². The van der Waals surface area contributed by atoms with Crippen LogP contribution in [0.3, 0.4) is 0 Å². The van der Waals surface area contributed by atoms with E-state index in [9.17, 15) is 13.2 Å². The van der Waals surface area contributed by atoms with E-state index in [2.05, 4.69) is 17.3 Å². The zero-order chi connectivity index (χ0) is 18.7. The van der Waals surface area contributed by atoms with Crippen LogP contribution in [0.15, 0.2) is 30.3 Å². The van der Waals surface area contributed by atoms with Gasteiger partial charge in [-0.2, -0.15) is 5.10 Å². The first kappa shape index (κ1) is 18.6. The third-order valence-electron chi connectivity index (χ3n) is 4.69. The van der Waals surface area contributed by atoms with Crippen molar-refractivity contribution in [3.05, 3.63) is 41.6 Å². The summed E-state index contributed by atoms with van der Waals surface area (Å²) in [6.07, 6.45) is 2.45. The number of carbonyl (C=O) groups excluding carboxylic acids is 1. The number of nitrogens with one attached hydrogen (secondary N) is 1. The average molecular weight is 375 g/mol. The molecule has 0 aliphatic carbocycles. The number of aromatic nitrogens is 2. The highest BCUT2D eigenvalue weighted by atomic mass is 32.2. The number of rotatable bonds is 6. The first-order chi connectivity index (χ1) is 12.4. The fourth-order valence-electron chi connectivity index (χ4n) is 3.16. The highest BCUT2D eigenvalue weighted by Crippen LogP contribution is 2.30. The van der Waals surface area contributed by atoms with Crippen molar-refractivity contribution in [1.29, 1.82) is 0 Å². The van der Waals surface area contributed by atoms with Crippen LogP contribution in [0.2, 0.25) is 0 Å². The van der Waals surface area contributed by atoms with E-state index in [4.69, 9.17) is 0 Å². The Labute approximate surface area is 154 Å². The van der Waals surface area contributed by atoms with Crippen molar-refractivity contribution in [3.63, 3.8) is 0 Å². The molecule has 0 spiro atoms. The summed E-state index contributed by atoms with van der Waals surface area (Å²) in [4.78, 5) is 12.4. The normalized spacial score (nSPS) is 18.8. The summed E-state index contributed by atoms with van der Waals surface area (Å²) in [6.45, 7) is 4.69. The summed E-state index contributed by atoms with van der Waals surface area (Å²) in [5, 5.41) is 7.35. The number of amides is 1. The highest BCUT2D eigenvalue weighted by Gasteiger charge is 2.32. The molecule has 1 fully saturated rings. The average Bonchev–Trinajstić information content (AvgIpc) is 3.19. The Morgan fingerprint density at radius 2 is 2.04 bits per heavy atom. The Hall–Kier alpha value is -2.15. The largest absolute Gasteiger partial charge is 0.351 e. The maximum Gasteiger partial charge on any atom is 0.271 e. The van der Waals surface area contributed by atoms with Gasteiger partial charge in [0.25, 0.3) is 5.91 Å². The Morgan fingerprint density at radius 3 is 2.65 bits per heavy atom. The zero-order valence-corrected chi connectivity index (χ0v) is 16.1. The summed E-state index contributed by atoms with van der Waals surface area (Å²) in [5.74, 6) is 0.0271. The molecule has 1 saturated heterocycles. The fourth-order valence-corrected chi connectivity index (χ4v) is 4.85.